The van der Waals surface area contributed by atoms with Crippen LogP contribution in [0.5, 0.6) is 0 Å². The Morgan fingerprint density at radius 1 is 0.723 bits per heavy atom. The molecule has 17 heteroatoms. The van der Waals surface area contributed by atoms with Gasteiger partial charge in [0.2, 0.25) is 41.4 Å². The molecule has 5 heterocycles. The zero-order valence-corrected chi connectivity index (χ0v) is 37.6. The van der Waals surface area contributed by atoms with E-state index in [0.717, 1.165) is 74.3 Å². The number of benzene rings is 1. The minimum Gasteiger partial charge on any atom is -0.379 e. The van der Waals surface area contributed by atoms with Gasteiger partial charge in [-0.2, -0.15) is 0 Å². The molecular formula is C48H67N9O8. The van der Waals surface area contributed by atoms with Crippen molar-refractivity contribution in [1.82, 2.24) is 46.5 Å². The lowest BCUT2D eigenvalue weighted by Crippen LogP contribution is -2.65. The number of nitrogens with zero attached hydrogens (tertiary/aromatic N) is 3. The molecule has 2 aromatic rings. The first-order valence-electron chi connectivity index (χ1n) is 24.6. The molecule has 1 aromatic carbocycles. The van der Waals surface area contributed by atoms with Crippen molar-refractivity contribution in [2.24, 2.45) is 11.8 Å². The molecule has 17 nitrogen and oxygen atoms in total. The normalized spacial score (nSPS) is 31.0. The lowest BCUT2D eigenvalue weighted by Gasteiger charge is -2.38. The SMILES string of the molecule is O=C(C[C@@H]1NC(=O)[C@H](Cc2c[nH]c3ccccc23)NC(=O)C2(CCCC2)NC(=O)[C@H](CC2CCCCC2)NC(=O)[C@H]2C[C@H]3CCCC[C@H]3N2C(=O)[C@H]2CCCN2C1=O)NN1CCOCC1. The van der Waals surface area contributed by atoms with Gasteiger partial charge < -0.3 is 40.8 Å². The summed E-state index contributed by atoms with van der Waals surface area (Å²) in [5, 5.41) is 14.8. The number of fused-ring (bicyclic) bond motifs is 5. The van der Waals surface area contributed by atoms with E-state index in [-0.39, 0.29) is 42.7 Å². The maximum absolute atomic E-state index is 15.1. The minimum atomic E-state index is -1.39. The van der Waals surface area contributed by atoms with Crippen molar-refractivity contribution < 1.29 is 38.3 Å². The highest BCUT2D eigenvalue weighted by Gasteiger charge is 2.52. The van der Waals surface area contributed by atoms with Gasteiger partial charge in [-0.05, 0) is 74.8 Å². The van der Waals surface area contributed by atoms with Crippen LogP contribution in [-0.4, -0.2) is 136 Å². The lowest BCUT2D eigenvalue weighted by atomic mass is 9.84. The summed E-state index contributed by atoms with van der Waals surface area (Å²) in [5.41, 5.74) is 3.10. The minimum absolute atomic E-state index is 0.0383. The van der Waals surface area contributed by atoms with Crippen LogP contribution in [0, 0.1) is 11.8 Å². The predicted octanol–water partition coefficient (Wildman–Crippen LogP) is 2.48. The Labute approximate surface area is 380 Å². The second-order valence-corrected chi connectivity index (χ2v) is 19.9. The number of para-hydroxylation sites is 1. The van der Waals surface area contributed by atoms with Crippen molar-refractivity contribution in [1.29, 1.82) is 0 Å². The average Bonchev–Trinajstić information content (AvgIpc) is 4.15. The predicted molar refractivity (Wildman–Crippen MR) is 239 cm³/mol. The van der Waals surface area contributed by atoms with Crippen molar-refractivity contribution in [3.8, 4) is 0 Å². The van der Waals surface area contributed by atoms with Crippen molar-refractivity contribution in [2.45, 2.75) is 164 Å². The van der Waals surface area contributed by atoms with E-state index in [9.17, 15) is 24.0 Å². The first-order valence-corrected chi connectivity index (χ1v) is 24.6. The molecule has 1 aromatic heterocycles. The summed E-state index contributed by atoms with van der Waals surface area (Å²) >= 11 is 0. The van der Waals surface area contributed by atoms with Gasteiger partial charge in [-0.15, -0.1) is 0 Å². The van der Waals surface area contributed by atoms with Gasteiger partial charge in [0, 0.05) is 49.2 Å². The molecule has 6 N–H and O–H groups in total. The Balaban J connectivity index is 1.09. The number of hydrogen-bond donors (Lipinski definition) is 6. The fourth-order valence-corrected chi connectivity index (χ4v) is 12.2. The number of aromatic amines is 1. The lowest BCUT2D eigenvalue weighted by molar-refractivity contribution is -0.151. The van der Waals surface area contributed by atoms with E-state index < -0.39 is 71.7 Å². The monoisotopic (exact) mass is 898 g/mol. The van der Waals surface area contributed by atoms with Gasteiger partial charge in [0.25, 0.3) is 0 Å². The summed E-state index contributed by atoms with van der Waals surface area (Å²) < 4.78 is 5.45. The average molecular weight is 898 g/mol. The molecule has 65 heavy (non-hydrogen) atoms. The van der Waals surface area contributed by atoms with Gasteiger partial charge in [0.1, 0.15) is 35.7 Å². The molecule has 3 aliphatic carbocycles. The molecule has 3 saturated carbocycles. The summed E-state index contributed by atoms with van der Waals surface area (Å²) in [6.45, 7) is 1.97. The number of hydrogen-bond acceptors (Lipinski definition) is 9. The van der Waals surface area contributed by atoms with E-state index in [0.29, 0.717) is 77.7 Å². The van der Waals surface area contributed by atoms with Crippen LogP contribution in [0.1, 0.15) is 121 Å². The van der Waals surface area contributed by atoms with E-state index in [1.807, 2.05) is 24.3 Å². The largest absolute Gasteiger partial charge is 0.379 e. The molecule has 7 fully saturated rings. The fraction of sp³-hybridized carbons (Fsp3) is 0.688. The smallest absolute Gasteiger partial charge is 0.246 e. The maximum atomic E-state index is 15.1. The molecule has 7 aliphatic rings. The number of carbonyl (C=O) groups is 7. The fourth-order valence-electron chi connectivity index (χ4n) is 12.2. The van der Waals surface area contributed by atoms with E-state index in [4.69, 9.17) is 4.74 Å². The molecular weight excluding hydrogens is 831 g/mol. The molecule has 4 saturated heterocycles. The highest BCUT2D eigenvalue weighted by Crippen LogP contribution is 2.42. The molecule has 0 bridgehead atoms. The summed E-state index contributed by atoms with van der Waals surface area (Å²) in [4.78, 5) is 110. The Bertz CT molecular complexity index is 2110. The van der Waals surface area contributed by atoms with Gasteiger partial charge in [-0.1, -0.05) is 76.0 Å². The quantitative estimate of drug-likeness (QED) is 0.241. The Morgan fingerprint density at radius 3 is 2.26 bits per heavy atom. The van der Waals surface area contributed by atoms with E-state index in [1.165, 1.54) is 4.90 Å². The number of hydrazine groups is 1. The van der Waals surface area contributed by atoms with Crippen molar-refractivity contribution in [3.05, 3.63) is 36.0 Å². The van der Waals surface area contributed by atoms with Crippen LogP contribution in [0.3, 0.4) is 0 Å². The Kier molecular flexibility index (Phi) is 13.8. The van der Waals surface area contributed by atoms with Crippen LogP contribution in [0.25, 0.3) is 10.9 Å². The van der Waals surface area contributed by atoms with Crippen LogP contribution < -0.4 is 26.7 Å². The molecule has 4 aliphatic heterocycles. The van der Waals surface area contributed by atoms with Gasteiger partial charge in [0.05, 0.1) is 19.6 Å². The summed E-state index contributed by atoms with van der Waals surface area (Å²) in [7, 11) is 0. The topological polar surface area (TPSA) is 214 Å². The Hall–Kier alpha value is -5.03. The molecule has 0 radical (unpaired) electrons. The van der Waals surface area contributed by atoms with Crippen molar-refractivity contribution >= 4 is 52.3 Å². The molecule has 0 unspecified atom stereocenters. The highest BCUT2D eigenvalue weighted by atomic mass is 16.5. The zero-order valence-electron chi connectivity index (χ0n) is 37.6. The van der Waals surface area contributed by atoms with E-state index in [1.54, 1.807) is 16.1 Å². The number of amides is 7. The van der Waals surface area contributed by atoms with Gasteiger partial charge >= 0.3 is 0 Å². The third-order valence-electron chi connectivity index (χ3n) is 15.7. The highest BCUT2D eigenvalue weighted by molar-refractivity contribution is 6.01. The van der Waals surface area contributed by atoms with Gasteiger partial charge in [-0.3, -0.25) is 39.0 Å². The number of morpholine rings is 1. The van der Waals surface area contributed by atoms with Crippen molar-refractivity contribution in [3.63, 3.8) is 0 Å². The van der Waals surface area contributed by atoms with Crippen LogP contribution in [-0.2, 0) is 44.7 Å². The van der Waals surface area contributed by atoms with Gasteiger partial charge in [0.15, 0.2) is 0 Å². The van der Waals surface area contributed by atoms with Crippen LogP contribution in [0.4, 0.5) is 0 Å². The standard InChI is InChI=1S/C48H67N9O8/c58-41(54-55-21-23-65-24-22-55)28-37-45(62)56-20-10-17-39(56)46(63)57-38-16-7-4-13-31(38)27-40(57)44(61)50-35(25-30-11-2-1-3-12-30)43(60)53-48(18-8-9-19-48)47(64)52-36(42(59)51-37)26-32-29-49-34-15-6-5-14-33(32)34/h5-6,14-15,29-31,35-40,49H,1-4,7-13,16-28H2,(H,50,61)(H,51,59)(H,52,64)(H,53,60)(H,54,58)/t31-,35+,36+,37+,38-,39-,40-/m1/s1. The summed E-state index contributed by atoms with van der Waals surface area (Å²) in [6, 6.07) is 2.14. The van der Waals surface area contributed by atoms with Crippen LogP contribution in [0.2, 0.25) is 0 Å². The first kappa shape index (κ1) is 45.1. The van der Waals surface area contributed by atoms with Crippen molar-refractivity contribution in [2.75, 3.05) is 32.8 Å². The maximum Gasteiger partial charge on any atom is 0.246 e. The molecule has 7 atom stereocenters. The van der Waals surface area contributed by atoms with E-state index in [2.05, 4.69) is 31.7 Å². The second-order valence-electron chi connectivity index (χ2n) is 19.9. The third-order valence-corrected chi connectivity index (χ3v) is 15.7. The van der Waals surface area contributed by atoms with E-state index >= 15 is 9.59 Å². The zero-order chi connectivity index (χ0) is 45.1. The Morgan fingerprint density at radius 2 is 1.46 bits per heavy atom. The number of aromatic nitrogens is 1. The van der Waals surface area contributed by atoms with Crippen LogP contribution >= 0.6 is 0 Å². The number of H-pyrrole nitrogens is 1. The second kappa shape index (κ2) is 19.8. The summed E-state index contributed by atoms with van der Waals surface area (Å²) in [6.07, 6.45) is 13.8. The summed E-state index contributed by atoms with van der Waals surface area (Å²) in [5.74, 6) is -3.07. The number of rotatable bonds is 7. The molecule has 9 rings (SSSR count). The molecule has 7 amide bonds. The number of ether oxygens (including phenoxy) is 1. The number of nitrogens with one attached hydrogen (secondary N) is 6. The molecule has 352 valence electrons. The third kappa shape index (κ3) is 9.77. The van der Waals surface area contributed by atoms with Crippen LogP contribution in [0.15, 0.2) is 30.5 Å². The van der Waals surface area contributed by atoms with Gasteiger partial charge in [-0.25, -0.2) is 5.01 Å². The molecule has 1 spiro atoms. The number of carbonyl (C=O) groups excluding carboxylic acids is 7. The first-order chi connectivity index (χ1) is 31.6.